The quantitative estimate of drug-likeness (QED) is 0.179. The van der Waals surface area contributed by atoms with Crippen LogP contribution in [0.5, 0.6) is 0 Å². The van der Waals surface area contributed by atoms with Gasteiger partial charge in [0, 0.05) is 50.0 Å². The molecule has 0 amide bonds. The molecule has 2 heterocycles. The fraction of sp³-hybridized carbons (Fsp3) is 0.0545. The van der Waals surface area contributed by atoms with E-state index in [1.165, 1.54) is 54.8 Å². The minimum Gasteiger partial charge on any atom is -0.310 e. The van der Waals surface area contributed by atoms with Crippen molar-refractivity contribution in [1.82, 2.24) is 4.57 Å². The summed E-state index contributed by atoms with van der Waals surface area (Å²) in [7, 11) is 0. The zero-order valence-corrected chi connectivity index (χ0v) is 32.4. The first kappa shape index (κ1) is 32.8. The van der Waals surface area contributed by atoms with Gasteiger partial charge in [-0.3, -0.25) is 0 Å². The van der Waals surface area contributed by atoms with Crippen molar-refractivity contribution in [2.75, 3.05) is 9.80 Å². The van der Waals surface area contributed by atoms with Crippen LogP contribution in [-0.4, -0.2) is 4.57 Å². The highest BCUT2D eigenvalue weighted by molar-refractivity contribution is 6.14. The van der Waals surface area contributed by atoms with Gasteiger partial charge in [0.2, 0.25) is 0 Å². The smallest absolute Gasteiger partial charge is 0.0782 e. The minimum absolute atomic E-state index is 0.162. The summed E-state index contributed by atoms with van der Waals surface area (Å²) in [5.74, 6) is 0. The van der Waals surface area contributed by atoms with E-state index in [1.54, 1.807) is 0 Å². The maximum Gasteiger partial charge on any atom is 0.0782 e. The Morgan fingerprint density at radius 1 is 0.362 bits per heavy atom. The van der Waals surface area contributed by atoms with Gasteiger partial charge in [-0.2, -0.15) is 0 Å². The highest BCUT2D eigenvalue weighted by Crippen LogP contribution is 2.54. The van der Waals surface area contributed by atoms with Crippen molar-refractivity contribution in [1.29, 1.82) is 0 Å². The first-order valence-electron chi connectivity index (χ1n) is 20.2. The van der Waals surface area contributed by atoms with E-state index in [4.69, 9.17) is 0 Å². The largest absolute Gasteiger partial charge is 0.310 e. The average Bonchev–Trinajstić information content (AvgIpc) is 3.73. The van der Waals surface area contributed by atoms with Gasteiger partial charge in [-0.05, 0) is 118 Å². The topological polar surface area (TPSA) is 11.4 Å². The van der Waals surface area contributed by atoms with Crippen molar-refractivity contribution >= 4 is 66.7 Å². The molecular weight excluding hydrogens is 703 g/mol. The lowest BCUT2D eigenvalue weighted by Crippen LogP contribution is -2.16. The highest BCUT2D eigenvalue weighted by atomic mass is 15.2. The molecule has 2 aliphatic rings. The summed E-state index contributed by atoms with van der Waals surface area (Å²) in [6, 6.07) is 74.2. The predicted molar refractivity (Wildman–Crippen MR) is 244 cm³/mol. The number of hydrogen-bond acceptors (Lipinski definition) is 2. The monoisotopic (exact) mass is 741 g/mol. The van der Waals surface area contributed by atoms with Crippen molar-refractivity contribution in [2.24, 2.45) is 0 Å². The Kier molecular flexibility index (Phi) is 6.98. The van der Waals surface area contributed by atoms with E-state index in [0.29, 0.717) is 0 Å². The third-order valence-corrected chi connectivity index (χ3v) is 12.6. The molecular formula is C55H39N3. The van der Waals surface area contributed by atoms with Gasteiger partial charge in [0.15, 0.2) is 0 Å². The molecule has 0 atom stereocenters. The number of fused-ring (bicyclic) bond motifs is 11. The molecule has 274 valence electrons. The van der Waals surface area contributed by atoms with E-state index >= 15 is 0 Å². The van der Waals surface area contributed by atoms with Crippen molar-refractivity contribution in [3.05, 3.63) is 211 Å². The van der Waals surface area contributed by atoms with Crippen LogP contribution in [0.15, 0.2) is 200 Å². The Hall–Kier alpha value is -7.36. The summed E-state index contributed by atoms with van der Waals surface area (Å²) in [5.41, 5.74) is 17.7. The van der Waals surface area contributed by atoms with Crippen LogP contribution in [0.1, 0.15) is 25.0 Å². The van der Waals surface area contributed by atoms with Gasteiger partial charge >= 0.3 is 0 Å². The summed E-state index contributed by atoms with van der Waals surface area (Å²) >= 11 is 0. The molecule has 1 aliphatic heterocycles. The Bertz CT molecular complexity index is 3270. The molecule has 0 saturated carbocycles. The maximum absolute atomic E-state index is 2.48. The van der Waals surface area contributed by atoms with Gasteiger partial charge in [-0.25, -0.2) is 0 Å². The number of nitrogens with zero attached hydrogens (tertiary/aromatic N) is 3. The molecule has 12 rings (SSSR count). The predicted octanol–water partition coefficient (Wildman–Crippen LogP) is 15.2. The lowest BCUT2D eigenvalue weighted by atomic mass is 9.82. The van der Waals surface area contributed by atoms with Crippen LogP contribution >= 0.6 is 0 Å². The van der Waals surface area contributed by atoms with Crippen LogP contribution in [0.3, 0.4) is 0 Å². The summed E-state index contributed by atoms with van der Waals surface area (Å²) in [6.45, 7) is 4.74. The van der Waals surface area contributed by atoms with E-state index in [2.05, 4.69) is 228 Å². The van der Waals surface area contributed by atoms with Gasteiger partial charge in [-0.1, -0.05) is 135 Å². The van der Waals surface area contributed by atoms with Gasteiger partial charge < -0.3 is 14.4 Å². The molecule has 0 unspecified atom stereocenters. The van der Waals surface area contributed by atoms with E-state index in [9.17, 15) is 0 Å². The van der Waals surface area contributed by atoms with Crippen LogP contribution < -0.4 is 9.80 Å². The highest BCUT2D eigenvalue weighted by Gasteiger charge is 2.37. The van der Waals surface area contributed by atoms with Gasteiger partial charge in [-0.15, -0.1) is 0 Å². The molecule has 3 heteroatoms. The van der Waals surface area contributed by atoms with Crippen molar-refractivity contribution < 1.29 is 0 Å². The summed E-state index contributed by atoms with van der Waals surface area (Å²) in [6.07, 6.45) is 0. The number of hydrogen-bond donors (Lipinski definition) is 0. The second kappa shape index (κ2) is 12.3. The van der Waals surface area contributed by atoms with Crippen LogP contribution in [0.4, 0.5) is 34.1 Å². The zero-order chi connectivity index (χ0) is 38.5. The molecule has 3 nitrogen and oxygen atoms in total. The van der Waals surface area contributed by atoms with Gasteiger partial charge in [0.1, 0.15) is 0 Å². The Labute approximate surface area is 338 Å². The molecule has 9 aromatic carbocycles. The first-order chi connectivity index (χ1) is 28.5. The third-order valence-electron chi connectivity index (χ3n) is 12.6. The lowest BCUT2D eigenvalue weighted by Gasteiger charge is -2.29. The van der Waals surface area contributed by atoms with Crippen LogP contribution in [0.25, 0.3) is 60.5 Å². The summed E-state index contributed by atoms with van der Waals surface area (Å²) in [5, 5.41) is 4.91. The normalized spacial score (nSPS) is 13.8. The number of para-hydroxylation sites is 3. The fourth-order valence-corrected chi connectivity index (χ4v) is 9.96. The maximum atomic E-state index is 2.48. The van der Waals surface area contributed by atoms with Crippen LogP contribution in [-0.2, 0) is 5.41 Å². The van der Waals surface area contributed by atoms with Crippen molar-refractivity contribution in [3.63, 3.8) is 0 Å². The molecule has 10 aromatic rings. The molecule has 0 fully saturated rings. The molecule has 0 spiro atoms. The molecule has 0 radical (unpaired) electrons. The number of benzene rings is 9. The van der Waals surface area contributed by atoms with Crippen molar-refractivity contribution in [3.8, 4) is 27.9 Å². The van der Waals surface area contributed by atoms with E-state index < -0.39 is 0 Å². The second-order valence-electron chi connectivity index (χ2n) is 16.2. The SMILES string of the molecule is CC1(C)c2ccc3cc2-c2cc(ccc21)N(c1cccc2c4ccccc4n(-c4ccccc4)c12)c1cccc(c1)-c1cccc(c1)N3c1cccc2ccccc12. The standard InChI is InChI=1S/C55H39N3/c1-55(2)49-30-28-42-34-47(49)48-35-43(29-31-50(48)55)57(53-27-13-24-46-45-23-8-9-25-52(45)58(54(46)53)39-18-4-3-5-19-39)41-21-11-17-38(33-41)37-16-10-20-40(32-37)56(42)51-26-12-15-36-14-6-7-22-44(36)51/h3-35H,1-2H3. The Balaban J connectivity index is 1.18. The lowest BCUT2D eigenvalue weighted by molar-refractivity contribution is 0.660. The molecule has 0 N–H and O–H groups in total. The van der Waals surface area contributed by atoms with E-state index in [0.717, 1.165) is 50.9 Å². The zero-order valence-electron chi connectivity index (χ0n) is 32.4. The van der Waals surface area contributed by atoms with Gasteiger partial charge in [0.25, 0.3) is 0 Å². The fourth-order valence-electron chi connectivity index (χ4n) is 9.96. The first-order valence-corrected chi connectivity index (χ1v) is 20.2. The number of aromatic nitrogens is 1. The summed E-state index contributed by atoms with van der Waals surface area (Å²) < 4.78 is 2.44. The van der Waals surface area contributed by atoms with Crippen LogP contribution in [0.2, 0.25) is 0 Å². The number of anilines is 6. The number of rotatable bonds is 3. The molecule has 58 heavy (non-hydrogen) atoms. The van der Waals surface area contributed by atoms with Crippen molar-refractivity contribution in [2.45, 2.75) is 19.3 Å². The third kappa shape index (κ3) is 4.74. The Morgan fingerprint density at radius 3 is 1.57 bits per heavy atom. The van der Waals surface area contributed by atoms with E-state index in [1.807, 2.05) is 0 Å². The molecule has 1 aromatic heterocycles. The average molecular weight is 742 g/mol. The Morgan fingerprint density at radius 2 is 0.862 bits per heavy atom. The molecule has 0 saturated heterocycles. The summed E-state index contributed by atoms with van der Waals surface area (Å²) in [4.78, 5) is 4.93. The molecule has 1 aliphatic carbocycles. The van der Waals surface area contributed by atoms with Crippen LogP contribution in [0, 0.1) is 0 Å². The molecule has 8 bridgehead atoms. The minimum atomic E-state index is -0.162. The second-order valence-corrected chi connectivity index (χ2v) is 16.2. The van der Waals surface area contributed by atoms with E-state index in [-0.39, 0.29) is 5.41 Å². The van der Waals surface area contributed by atoms with Gasteiger partial charge in [0.05, 0.1) is 22.4 Å².